The van der Waals surface area contributed by atoms with Crippen molar-refractivity contribution in [2.45, 2.75) is 38.1 Å². The minimum absolute atomic E-state index is 0.0691. The zero-order chi connectivity index (χ0) is 21.6. The first-order chi connectivity index (χ1) is 15.0. The van der Waals surface area contributed by atoms with Crippen LogP contribution in [-0.4, -0.2) is 38.4 Å². The Balaban J connectivity index is 1.58. The van der Waals surface area contributed by atoms with E-state index in [1.54, 1.807) is 17.3 Å². The van der Waals surface area contributed by atoms with Crippen LogP contribution in [0.25, 0.3) is 0 Å². The highest BCUT2D eigenvalue weighted by Crippen LogP contribution is 2.54. The lowest BCUT2D eigenvalue weighted by Crippen LogP contribution is -2.42. The maximum Gasteiger partial charge on any atom is 0.274 e. The number of likely N-dealkylation sites (tertiary alicyclic amines) is 1. The minimum Gasteiger partial charge on any atom is -0.329 e. The quantitative estimate of drug-likeness (QED) is 0.683. The predicted octanol–water partition coefficient (Wildman–Crippen LogP) is 3.48. The van der Waals surface area contributed by atoms with Crippen LogP contribution in [0.1, 0.15) is 53.6 Å². The summed E-state index contributed by atoms with van der Waals surface area (Å²) >= 11 is 0. The van der Waals surface area contributed by atoms with Crippen LogP contribution in [0.2, 0.25) is 0 Å². The van der Waals surface area contributed by atoms with Crippen LogP contribution in [0, 0.1) is 5.92 Å². The zero-order valence-electron chi connectivity index (χ0n) is 17.6. The van der Waals surface area contributed by atoms with Crippen LogP contribution in [0.4, 0.5) is 5.69 Å². The number of para-hydroxylation sites is 1. The first kappa shape index (κ1) is 19.5. The van der Waals surface area contributed by atoms with E-state index in [0.29, 0.717) is 24.6 Å². The number of pyridine rings is 1. The van der Waals surface area contributed by atoms with Gasteiger partial charge in [0.25, 0.3) is 5.91 Å². The normalized spacial score (nSPS) is 22.2. The number of hydrogen-bond acceptors (Lipinski definition) is 4. The van der Waals surface area contributed by atoms with E-state index in [9.17, 15) is 9.59 Å². The number of aromatic nitrogens is 3. The fourth-order valence-corrected chi connectivity index (χ4v) is 5.07. The van der Waals surface area contributed by atoms with Gasteiger partial charge >= 0.3 is 0 Å². The molecule has 2 N–H and O–H groups in total. The Morgan fingerprint density at radius 2 is 2.10 bits per heavy atom. The maximum atomic E-state index is 13.6. The van der Waals surface area contributed by atoms with Crippen molar-refractivity contribution in [2.24, 2.45) is 5.92 Å². The molecule has 2 unspecified atom stereocenters. The van der Waals surface area contributed by atoms with E-state index < -0.39 is 11.5 Å². The molecule has 0 radical (unpaired) electrons. The van der Waals surface area contributed by atoms with Gasteiger partial charge in [-0.25, -0.2) is 0 Å². The number of hydrogen-bond donors (Lipinski definition) is 2. The Hall–Kier alpha value is -3.48. The number of carbonyl (C=O) groups excluding carboxylic acids is 2. The third kappa shape index (κ3) is 3.03. The highest BCUT2D eigenvalue weighted by atomic mass is 16.2. The second-order valence-electron chi connectivity index (χ2n) is 8.78. The second kappa shape index (κ2) is 7.34. The number of nitrogens with one attached hydrogen (secondary N) is 2. The molecule has 7 nitrogen and oxygen atoms in total. The van der Waals surface area contributed by atoms with Crippen LogP contribution in [0.5, 0.6) is 0 Å². The van der Waals surface area contributed by atoms with Crippen molar-refractivity contribution in [2.75, 3.05) is 11.9 Å². The molecule has 2 aromatic heterocycles. The van der Waals surface area contributed by atoms with E-state index in [-0.39, 0.29) is 11.8 Å². The Labute approximate surface area is 180 Å². The molecule has 0 saturated carbocycles. The standard InChI is InChI=1S/C24H25N5O2/c1-15(2)12-17-13-20(28-27-17)22(30)29-11-9-24(21(29)16-6-5-10-25-14-16)18-7-3-4-8-19(18)26-23(24)31/h3-8,10,13-15,21H,9,11-12H2,1-2H3,(H,26,31)(H,27,28). The van der Waals surface area contributed by atoms with Gasteiger partial charge in [0.05, 0.1) is 6.04 Å². The molecule has 1 aromatic carbocycles. The van der Waals surface area contributed by atoms with E-state index in [1.165, 1.54) is 0 Å². The summed E-state index contributed by atoms with van der Waals surface area (Å²) < 4.78 is 0. The van der Waals surface area contributed by atoms with Gasteiger partial charge in [-0.1, -0.05) is 38.1 Å². The lowest BCUT2D eigenvalue weighted by Gasteiger charge is -2.33. The number of carbonyl (C=O) groups is 2. The van der Waals surface area contributed by atoms with Crippen molar-refractivity contribution in [3.63, 3.8) is 0 Å². The number of anilines is 1. The van der Waals surface area contributed by atoms with Gasteiger partial charge < -0.3 is 10.2 Å². The summed E-state index contributed by atoms with van der Waals surface area (Å²) in [5.74, 6) is 0.217. The molecule has 2 aliphatic rings. The number of fused-ring (bicyclic) bond motifs is 2. The van der Waals surface area contributed by atoms with Crippen LogP contribution in [0.3, 0.4) is 0 Å². The molecule has 158 valence electrons. The van der Waals surface area contributed by atoms with E-state index >= 15 is 0 Å². The summed E-state index contributed by atoms with van der Waals surface area (Å²) in [6.45, 7) is 4.72. The fraction of sp³-hybridized carbons (Fsp3) is 0.333. The molecule has 31 heavy (non-hydrogen) atoms. The first-order valence-corrected chi connectivity index (χ1v) is 10.7. The maximum absolute atomic E-state index is 13.6. The summed E-state index contributed by atoms with van der Waals surface area (Å²) in [5.41, 5.74) is 3.08. The molecule has 3 aromatic rings. The number of nitrogens with zero attached hydrogens (tertiary/aromatic N) is 3. The van der Waals surface area contributed by atoms with Crippen molar-refractivity contribution >= 4 is 17.5 Å². The molecule has 2 atom stereocenters. The van der Waals surface area contributed by atoms with Crippen molar-refractivity contribution in [1.82, 2.24) is 20.1 Å². The molecule has 5 rings (SSSR count). The molecule has 0 aliphatic carbocycles. The lowest BCUT2D eigenvalue weighted by atomic mass is 9.73. The second-order valence-corrected chi connectivity index (χ2v) is 8.78. The van der Waals surface area contributed by atoms with E-state index in [4.69, 9.17) is 0 Å². The van der Waals surface area contributed by atoms with Crippen LogP contribution < -0.4 is 5.32 Å². The molecule has 0 bridgehead atoms. The summed E-state index contributed by atoms with van der Waals surface area (Å²) in [5, 5.41) is 10.3. The molecule has 2 aliphatic heterocycles. The Bertz CT molecular complexity index is 1140. The summed E-state index contributed by atoms with van der Waals surface area (Å²) in [6.07, 6.45) is 4.82. The lowest BCUT2D eigenvalue weighted by molar-refractivity contribution is -0.121. The molecular weight excluding hydrogens is 390 g/mol. The molecular formula is C24H25N5O2. The first-order valence-electron chi connectivity index (χ1n) is 10.7. The third-order valence-electron chi connectivity index (χ3n) is 6.33. The van der Waals surface area contributed by atoms with Gasteiger partial charge in [0.15, 0.2) is 0 Å². The van der Waals surface area contributed by atoms with Crippen molar-refractivity contribution in [3.05, 3.63) is 77.4 Å². The number of aromatic amines is 1. The summed E-state index contributed by atoms with van der Waals surface area (Å²) in [4.78, 5) is 33.0. The Morgan fingerprint density at radius 1 is 1.26 bits per heavy atom. The summed E-state index contributed by atoms with van der Waals surface area (Å²) in [7, 11) is 0. The number of H-pyrrole nitrogens is 1. The minimum atomic E-state index is -0.841. The van der Waals surface area contributed by atoms with Crippen LogP contribution in [0.15, 0.2) is 54.9 Å². The number of rotatable bonds is 4. The van der Waals surface area contributed by atoms with Crippen molar-refractivity contribution in [3.8, 4) is 0 Å². The monoisotopic (exact) mass is 415 g/mol. The van der Waals surface area contributed by atoms with Crippen molar-refractivity contribution in [1.29, 1.82) is 0 Å². The zero-order valence-corrected chi connectivity index (χ0v) is 17.6. The largest absolute Gasteiger partial charge is 0.329 e. The van der Waals surface area contributed by atoms with Gasteiger partial charge in [0.2, 0.25) is 5.91 Å². The number of benzene rings is 1. The van der Waals surface area contributed by atoms with E-state index in [1.807, 2.05) is 42.5 Å². The van der Waals surface area contributed by atoms with Gasteiger partial charge in [-0.15, -0.1) is 0 Å². The van der Waals surface area contributed by atoms with E-state index in [0.717, 1.165) is 28.9 Å². The third-order valence-corrected chi connectivity index (χ3v) is 6.33. The van der Waals surface area contributed by atoms with Crippen LogP contribution >= 0.6 is 0 Å². The van der Waals surface area contributed by atoms with Gasteiger partial charge in [-0.3, -0.25) is 19.7 Å². The smallest absolute Gasteiger partial charge is 0.274 e. The molecule has 1 saturated heterocycles. The van der Waals surface area contributed by atoms with Gasteiger partial charge in [-0.2, -0.15) is 5.10 Å². The van der Waals surface area contributed by atoms with Gasteiger partial charge in [-0.05, 0) is 48.1 Å². The number of amides is 2. The van der Waals surface area contributed by atoms with Gasteiger partial charge in [0.1, 0.15) is 11.1 Å². The Morgan fingerprint density at radius 3 is 2.87 bits per heavy atom. The highest BCUT2D eigenvalue weighted by molar-refractivity contribution is 6.08. The van der Waals surface area contributed by atoms with Gasteiger partial charge in [0, 0.05) is 30.3 Å². The predicted molar refractivity (Wildman–Crippen MR) is 117 cm³/mol. The molecule has 2 amide bonds. The Kier molecular flexibility index (Phi) is 4.61. The summed E-state index contributed by atoms with van der Waals surface area (Å²) in [6, 6.07) is 12.9. The van der Waals surface area contributed by atoms with Crippen molar-refractivity contribution < 1.29 is 9.59 Å². The van der Waals surface area contributed by atoms with Crippen LogP contribution in [-0.2, 0) is 16.6 Å². The average Bonchev–Trinajstić information content (AvgIpc) is 3.46. The topological polar surface area (TPSA) is 91.0 Å². The molecule has 1 fully saturated rings. The SMILES string of the molecule is CC(C)Cc1cc(C(=O)N2CCC3(C(=O)Nc4ccccc43)C2c2cccnc2)n[nH]1. The molecule has 4 heterocycles. The fourth-order valence-electron chi connectivity index (χ4n) is 5.07. The van der Waals surface area contributed by atoms with E-state index in [2.05, 4.69) is 34.3 Å². The molecule has 1 spiro atoms. The average molecular weight is 415 g/mol. The highest BCUT2D eigenvalue weighted by Gasteiger charge is 2.59. The molecule has 7 heteroatoms.